The molecule has 1 atom stereocenters. The predicted octanol–water partition coefficient (Wildman–Crippen LogP) is 2.33. The topological polar surface area (TPSA) is 98.7 Å². The largest absolute Gasteiger partial charge is 0.480 e. The number of aliphatic carboxylic acids is 1. The lowest BCUT2D eigenvalue weighted by molar-refractivity contribution is -0.141. The molecular formula is C18H24N2O4. The van der Waals surface area contributed by atoms with Gasteiger partial charge in [0.1, 0.15) is 6.04 Å². The molecule has 2 rings (SSSR count). The fraction of sp³-hybridized carbons (Fsp3) is 0.444. The van der Waals surface area contributed by atoms with Crippen LogP contribution in [0.2, 0.25) is 0 Å². The van der Waals surface area contributed by atoms with Crippen molar-refractivity contribution in [3.05, 3.63) is 41.5 Å². The molecule has 130 valence electrons. The van der Waals surface area contributed by atoms with Crippen LogP contribution in [0.3, 0.4) is 0 Å². The molecule has 0 aliphatic heterocycles. The van der Waals surface area contributed by atoms with Crippen molar-refractivity contribution in [2.24, 2.45) is 5.92 Å². The molecule has 6 heteroatoms. The summed E-state index contributed by atoms with van der Waals surface area (Å²) in [6.07, 6.45) is 8.19. The zero-order valence-corrected chi connectivity index (χ0v) is 13.6. The van der Waals surface area contributed by atoms with Crippen molar-refractivity contribution < 1.29 is 19.9 Å². The van der Waals surface area contributed by atoms with Gasteiger partial charge in [0.05, 0.1) is 0 Å². The number of carbonyl (C=O) groups excluding carboxylic acids is 1. The maximum atomic E-state index is 11.5. The third kappa shape index (κ3) is 5.47. The van der Waals surface area contributed by atoms with E-state index in [2.05, 4.69) is 5.32 Å². The summed E-state index contributed by atoms with van der Waals surface area (Å²) in [5.41, 5.74) is 3.34. The number of hydrogen-bond donors (Lipinski definition) is 4. The molecule has 0 saturated heterocycles. The fourth-order valence-corrected chi connectivity index (χ4v) is 3.11. The highest BCUT2D eigenvalue weighted by atomic mass is 16.5. The van der Waals surface area contributed by atoms with Gasteiger partial charge >= 0.3 is 5.97 Å². The van der Waals surface area contributed by atoms with Gasteiger partial charge in [0, 0.05) is 12.6 Å². The molecule has 0 aromatic heterocycles. The Labute approximate surface area is 141 Å². The van der Waals surface area contributed by atoms with Gasteiger partial charge in [0.15, 0.2) is 0 Å². The van der Waals surface area contributed by atoms with E-state index in [0.717, 1.165) is 36.8 Å². The van der Waals surface area contributed by atoms with Crippen LogP contribution in [0.4, 0.5) is 0 Å². The van der Waals surface area contributed by atoms with Crippen molar-refractivity contribution in [1.29, 1.82) is 0 Å². The normalized spacial score (nSPS) is 16.9. The second kappa shape index (κ2) is 9.20. The molecule has 0 heterocycles. The van der Waals surface area contributed by atoms with Crippen molar-refractivity contribution in [3.63, 3.8) is 0 Å². The summed E-state index contributed by atoms with van der Waals surface area (Å²) in [4.78, 5) is 22.5. The van der Waals surface area contributed by atoms with E-state index in [4.69, 9.17) is 5.21 Å². The Balaban J connectivity index is 1.91. The standard InChI is InChI=1S/C18H24N2O4/c21-16(20-24)11-10-13-6-8-14(9-7-13)12-19-17(18(22)23)15-4-2-1-3-5-15/h6-11,15,17,19,24H,1-5,12H2,(H,20,21)(H,22,23)/b11-10+/t17-/m0/s1. The minimum atomic E-state index is -0.781. The Morgan fingerprint density at radius 3 is 2.42 bits per heavy atom. The zero-order chi connectivity index (χ0) is 17.4. The molecule has 0 spiro atoms. The van der Waals surface area contributed by atoms with Gasteiger partial charge in [-0.1, -0.05) is 43.5 Å². The summed E-state index contributed by atoms with van der Waals surface area (Å²) in [5.74, 6) is -1.16. The van der Waals surface area contributed by atoms with Crippen LogP contribution in [0.15, 0.2) is 30.3 Å². The van der Waals surface area contributed by atoms with Crippen LogP contribution in [0, 0.1) is 5.92 Å². The Bertz CT molecular complexity index is 577. The number of hydrogen-bond acceptors (Lipinski definition) is 4. The Hall–Kier alpha value is -2.18. The molecule has 1 saturated carbocycles. The Kier molecular flexibility index (Phi) is 6.96. The van der Waals surface area contributed by atoms with Crippen molar-refractivity contribution in [3.8, 4) is 0 Å². The first-order valence-corrected chi connectivity index (χ1v) is 8.27. The quantitative estimate of drug-likeness (QED) is 0.349. The number of carboxylic acids is 1. The average Bonchev–Trinajstić information content (AvgIpc) is 2.61. The van der Waals surface area contributed by atoms with Crippen LogP contribution in [-0.2, 0) is 16.1 Å². The van der Waals surface area contributed by atoms with E-state index in [1.165, 1.54) is 18.0 Å². The van der Waals surface area contributed by atoms with Crippen molar-refractivity contribution in [2.45, 2.75) is 44.7 Å². The lowest BCUT2D eigenvalue weighted by Gasteiger charge is -2.28. The third-order valence-corrected chi connectivity index (χ3v) is 4.43. The van der Waals surface area contributed by atoms with Gasteiger partial charge in [-0.25, -0.2) is 5.48 Å². The van der Waals surface area contributed by atoms with E-state index in [1.807, 2.05) is 24.3 Å². The SMILES string of the molecule is O=C(/C=C/c1ccc(CN[C@H](C(=O)O)C2CCCCC2)cc1)NO. The molecule has 0 bridgehead atoms. The summed E-state index contributed by atoms with van der Waals surface area (Å²) in [6.45, 7) is 0.495. The van der Waals surface area contributed by atoms with E-state index in [9.17, 15) is 14.7 Å². The van der Waals surface area contributed by atoms with Gasteiger partial charge in [-0.15, -0.1) is 0 Å². The fourth-order valence-electron chi connectivity index (χ4n) is 3.11. The molecule has 0 unspecified atom stereocenters. The third-order valence-electron chi connectivity index (χ3n) is 4.43. The van der Waals surface area contributed by atoms with E-state index in [0.29, 0.717) is 6.54 Å². The summed E-state index contributed by atoms with van der Waals surface area (Å²) < 4.78 is 0. The van der Waals surface area contributed by atoms with Gasteiger partial charge in [0.25, 0.3) is 5.91 Å². The Morgan fingerprint density at radius 2 is 1.83 bits per heavy atom. The minimum absolute atomic E-state index is 0.204. The van der Waals surface area contributed by atoms with Crippen LogP contribution in [0.5, 0.6) is 0 Å². The Morgan fingerprint density at radius 1 is 1.17 bits per heavy atom. The first-order chi connectivity index (χ1) is 11.6. The summed E-state index contributed by atoms with van der Waals surface area (Å²) in [7, 11) is 0. The van der Waals surface area contributed by atoms with Crippen LogP contribution in [0.1, 0.15) is 43.2 Å². The van der Waals surface area contributed by atoms with E-state index < -0.39 is 17.9 Å². The number of rotatable bonds is 7. The van der Waals surface area contributed by atoms with Gasteiger partial charge in [-0.3, -0.25) is 14.8 Å². The van der Waals surface area contributed by atoms with Gasteiger partial charge < -0.3 is 10.4 Å². The first-order valence-electron chi connectivity index (χ1n) is 8.27. The van der Waals surface area contributed by atoms with E-state index in [-0.39, 0.29) is 5.92 Å². The first kappa shape index (κ1) is 18.2. The molecule has 6 nitrogen and oxygen atoms in total. The molecule has 1 aliphatic carbocycles. The number of nitrogens with one attached hydrogen (secondary N) is 2. The highest BCUT2D eigenvalue weighted by Gasteiger charge is 2.28. The highest BCUT2D eigenvalue weighted by molar-refractivity contribution is 5.90. The summed E-state index contributed by atoms with van der Waals surface area (Å²) >= 11 is 0. The van der Waals surface area contributed by atoms with E-state index in [1.54, 1.807) is 6.08 Å². The second-order valence-corrected chi connectivity index (χ2v) is 6.15. The molecule has 1 aliphatic rings. The smallest absolute Gasteiger partial charge is 0.320 e. The zero-order valence-electron chi connectivity index (χ0n) is 13.6. The molecule has 4 N–H and O–H groups in total. The van der Waals surface area contributed by atoms with E-state index >= 15 is 0 Å². The molecule has 24 heavy (non-hydrogen) atoms. The maximum Gasteiger partial charge on any atom is 0.320 e. The number of benzene rings is 1. The molecule has 0 radical (unpaired) electrons. The van der Waals surface area contributed by atoms with Crippen molar-refractivity contribution in [1.82, 2.24) is 10.8 Å². The highest BCUT2D eigenvalue weighted by Crippen LogP contribution is 2.26. The van der Waals surface area contributed by atoms with Gasteiger partial charge in [-0.2, -0.15) is 0 Å². The minimum Gasteiger partial charge on any atom is -0.480 e. The maximum absolute atomic E-state index is 11.5. The summed E-state index contributed by atoms with van der Waals surface area (Å²) in [5, 5.41) is 21.1. The molecule has 1 amide bonds. The lowest BCUT2D eigenvalue weighted by atomic mass is 9.84. The number of hydroxylamine groups is 1. The number of amides is 1. The summed E-state index contributed by atoms with van der Waals surface area (Å²) in [6, 6.07) is 6.97. The average molecular weight is 332 g/mol. The van der Waals surface area contributed by atoms with Crippen molar-refractivity contribution in [2.75, 3.05) is 0 Å². The molecule has 1 fully saturated rings. The molecule has 1 aromatic rings. The van der Waals surface area contributed by atoms with Gasteiger partial charge in [0.2, 0.25) is 0 Å². The van der Waals surface area contributed by atoms with Crippen LogP contribution in [0.25, 0.3) is 6.08 Å². The second-order valence-electron chi connectivity index (χ2n) is 6.15. The van der Waals surface area contributed by atoms with Crippen LogP contribution in [-0.4, -0.2) is 28.2 Å². The monoisotopic (exact) mass is 332 g/mol. The van der Waals surface area contributed by atoms with Crippen molar-refractivity contribution >= 4 is 18.0 Å². The number of carbonyl (C=O) groups is 2. The number of carboxylic acid groups (broad SMARTS) is 1. The lowest BCUT2D eigenvalue weighted by Crippen LogP contribution is -2.43. The molecular weight excluding hydrogens is 308 g/mol. The van der Waals surface area contributed by atoms with Crippen LogP contribution >= 0.6 is 0 Å². The predicted molar refractivity (Wildman–Crippen MR) is 90.2 cm³/mol. The molecule has 1 aromatic carbocycles. The van der Waals surface area contributed by atoms with Gasteiger partial charge in [-0.05, 0) is 36.0 Å². The van der Waals surface area contributed by atoms with Crippen LogP contribution < -0.4 is 10.8 Å².